The Balaban J connectivity index is 2.07. The molecule has 2 N–H and O–H groups in total. The Bertz CT molecular complexity index is 287. The van der Waals surface area contributed by atoms with Crippen molar-refractivity contribution in [2.75, 3.05) is 18.0 Å². The number of nitrogens with two attached hydrogens (primary N) is 1. The molecule has 0 aliphatic carbocycles. The molecule has 4 nitrogen and oxygen atoms in total. The Hall–Kier alpha value is -1.16. The minimum Gasteiger partial charge on any atom is -0.355 e. The van der Waals surface area contributed by atoms with Crippen LogP contribution < -0.4 is 10.6 Å². The maximum Gasteiger partial charge on any atom is 0.147 e. The van der Waals surface area contributed by atoms with Gasteiger partial charge < -0.3 is 10.6 Å². The van der Waals surface area contributed by atoms with Crippen LogP contribution in [0.4, 0.5) is 5.82 Å². The maximum absolute atomic E-state index is 5.96. The van der Waals surface area contributed by atoms with Gasteiger partial charge in [0.2, 0.25) is 0 Å². The molecule has 1 fully saturated rings. The molecule has 1 aliphatic rings. The number of rotatable bonds is 1. The van der Waals surface area contributed by atoms with Crippen molar-refractivity contribution < 1.29 is 0 Å². The molecular weight excluding hydrogens is 176 g/mol. The van der Waals surface area contributed by atoms with Crippen molar-refractivity contribution in [2.24, 2.45) is 11.7 Å². The zero-order chi connectivity index (χ0) is 9.97. The third-order valence-corrected chi connectivity index (χ3v) is 2.85. The number of aromatic nitrogens is 2. The van der Waals surface area contributed by atoms with Crippen LogP contribution in [0.15, 0.2) is 18.6 Å². The van der Waals surface area contributed by atoms with Gasteiger partial charge in [0.1, 0.15) is 5.82 Å². The predicted octanol–water partition coefficient (Wildman–Crippen LogP) is 0.650. The minimum absolute atomic E-state index is 0.336. The van der Waals surface area contributed by atoms with Gasteiger partial charge in [-0.15, -0.1) is 0 Å². The summed E-state index contributed by atoms with van der Waals surface area (Å²) in [5.41, 5.74) is 5.96. The Kier molecular flexibility index (Phi) is 2.63. The van der Waals surface area contributed by atoms with Gasteiger partial charge in [0, 0.05) is 31.5 Å². The van der Waals surface area contributed by atoms with Gasteiger partial charge in [-0.1, -0.05) is 6.92 Å². The van der Waals surface area contributed by atoms with E-state index in [0.717, 1.165) is 25.3 Å². The molecule has 0 aromatic carbocycles. The molecule has 0 spiro atoms. The van der Waals surface area contributed by atoms with Crippen molar-refractivity contribution in [1.82, 2.24) is 9.97 Å². The first-order chi connectivity index (χ1) is 6.77. The summed E-state index contributed by atoms with van der Waals surface area (Å²) in [6.07, 6.45) is 6.28. The fourth-order valence-electron chi connectivity index (χ4n) is 1.83. The maximum atomic E-state index is 5.96. The summed E-state index contributed by atoms with van der Waals surface area (Å²) in [6, 6.07) is 0.336. The summed E-state index contributed by atoms with van der Waals surface area (Å²) in [5.74, 6) is 1.50. The molecule has 2 rings (SSSR count). The first-order valence-electron chi connectivity index (χ1n) is 5.04. The van der Waals surface area contributed by atoms with Gasteiger partial charge in [0.05, 0.1) is 6.20 Å². The fourth-order valence-corrected chi connectivity index (χ4v) is 1.83. The molecule has 2 atom stereocenters. The van der Waals surface area contributed by atoms with Gasteiger partial charge in [0.15, 0.2) is 0 Å². The molecule has 2 heterocycles. The second-order valence-electron chi connectivity index (χ2n) is 3.94. The second-order valence-corrected chi connectivity index (χ2v) is 3.94. The minimum atomic E-state index is 0.336. The van der Waals surface area contributed by atoms with Crippen molar-refractivity contribution in [3.05, 3.63) is 18.6 Å². The fraction of sp³-hybridized carbons (Fsp3) is 0.600. The van der Waals surface area contributed by atoms with Crippen LogP contribution in [-0.4, -0.2) is 29.1 Å². The van der Waals surface area contributed by atoms with Gasteiger partial charge in [-0.05, 0) is 12.3 Å². The lowest BCUT2D eigenvalue weighted by Crippen LogP contribution is -2.46. The van der Waals surface area contributed by atoms with E-state index in [4.69, 9.17) is 5.73 Å². The standard InChI is InChI=1S/C10H16N4/c1-8-7-14(5-2-9(8)11)10-6-12-3-4-13-10/h3-4,6,8-9H,2,5,7,11H2,1H3. The van der Waals surface area contributed by atoms with E-state index in [2.05, 4.69) is 21.8 Å². The van der Waals surface area contributed by atoms with Gasteiger partial charge in [-0.3, -0.25) is 4.98 Å². The Morgan fingerprint density at radius 1 is 1.50 bits per heavy atom. The van der Waals surface area contributed by atoms with Crippen LogP contribution in [-0.2, 0) is 0 Å². The molecule has 0 radical (unpaired) electrons. The molecule has 1 saturated heterocycles. The highest BCUT2D eigenvalue weighted by atomic mass is 15.2. The Morgan fingerprint density at radius 3 is 3.00 bits per heavy atom. The lowest BCUT2D eigenvalue weighted by atomic mass is 9.95. The van der Waals surface area contributed by atoms with E-state index in [9.17, 15) is 0 Å². The molecule has 4 heteroatoms. The largest absolute Gasteiger partial charge is 0.355 e. The topological polar surface area (TPSA) is 55.0 Å². The first kappa shape index (κ1) is 9.40. The van der Waals surface area contributed by atoms with Crippen LogP contribution in [0.25, 0.3) is 0 Å². The van der Waals surface area contributed by atoms with E-state index in [0.29, 0.717) is 12.0 Å². The van der Waals surface area contributed by atoms with Crippen LogP contribution in [0.2, 0.25) is 0 Å². The monoisotopic (exact) mass is 192 g/mol. The van der Waals surface area contributed by atoms with Crippen molar-refractivity contribution in [2.45, 2.75) is 19.4 Å². The lowest BCUT2D eigenvalue weighted by molar-refractivity contribution is 0.381. The van der Waals surface area contributed by atoms with E-state index in [-0.39, 0.29) is 0 Å². The third kappa shape index (κ3) is 1.85. The highest BCUT2D eigenvalue weighted by molar-refractivity contribution is 5.35. The summed E-state index contributed by atoms with van der Waals surface area (Å²) in [7, 11) is 0. The molecule has 1 aliphatic heterocycles. The molecule has 2 unspecified atom stereocenters. The molecule has 76 valence electrons. The number of anilines is 1. The van der Waals surface area contributed by atoms with Crippen LogP contribution in [0.5, 0.6) is 0 Å². The second kappa shape index (κ2) is 3.92. The summed E-state index contributed by atoms with van der Waals surface area (Å²) in [5, 5.41) is 0. The number of hydrogen-bond donors (Lipinski definition) is 1. The number of nitrogens with zero attached hydrogens (tertiary/aromatic N) is 3. The van der Waals surface area contributed by atoms with Crippen molar-refractivity contribution in [3.63, 3.8) is 0 Å². The third-order valence-electron chi connectivity index (χ3n) is 2.85. The average Bonchev–Trinajstić information content (AvgIpc) is 2.23. The molecule has 1 aromatic heterocycles. The van der Waals surface area contributed by atoms with E-state index < -0.39 is 0 Å². The summed E-state index contributed by atoms with van der Waals surface area (Å²) < 4.78 is 0. The van der Waals surface area contributed by atoms with Gasteiger partial charge >= 0.3 is 0 Å². The van der Waals surface area contributed by atoms with Crippen LogP contribution in [0.3, 0.4) is 0 Å². The lowest BCUT2D eigenvalue weighted by Gasteiger charge is -2.35. The quantitative estimate of drug-likeness (QED) is 0.710. The number of piperidine rings is 1. The van der Waals surface area contributed by atoms with Gasteiger partial charge in [-0.2, -0.15) is 0 Å². The first-order valence-corrected chi connectivity index (χ1v) is 5.04. The van der Waals surface area contributed by atoms with Crippen molar-refractivity contribution in [3.8, 4) is 0 Å². The predicted molar refractivity (Wildman–Crippen MR) is 56.0 cm³/mol. The number of hydrogen-bond acceptors (Lipinski definition) is 4. The van der Waals surface area contributed by atoms with E-state index >= 15 is 0 Å². The van der Waals surface area contributed by atoms with Crippen LogP contribution in [0.1, 0.15) is 13.3 Å². The smallest absolute Gasteiger partial charge is 0.147 e. The van der Waals surface area contributed by atoms with E-state index in [1.54, 1.807) is 12.4 Å². The molecule has 14 heavy (non-hydrogen) atoms. The molecule has 1 aromatic rings. The van der Waals surface area contributed by atoms with E-state index in [1.807, 2.05) is 6.20 Å². The van der Waals surface area contributed by atoms with Crippen LogP contribution >= 0.6 is 0 Å². The van der Waals surface area contributed by atoms with Crippen LogP contribution in [0, 0.1) is 5.92 Å². The van der Waals surface area contributed by atoms with E-state index in [1.165, 1.54) is 0 Å². The van der Waals surface area contributed by atoms with Crippen molar-refractivity contribution in [1.29, 1.82) is 0 Å². The summed E-state index contributed by atoms with van der Waals surface area (Å²) in [6.45, 7) is 4.16. The zero-order valence-electron chi connectivity index (χ0n) is 8.43. The highest BCUT2D eigenvalue weighted by Crippen LogP contribution is 2.19. The molecular formula is C10H16N4. The van der Waals surface area contributed by atoms with Gasteiger partial charge in [-0.25, -0.2) is 4.98 Å². The normalized spacial score (nSPS) is 27.7. The highest BCUT2D eigenvalue weighted by Gasteiger charge is 2.23. The van der Waals surface area contributed by atoms with Crippen molar-refractivity contribution >= 4 is 5.82 Å². The average molecular weight is 192 g/mol. The van der Waals surface area contributed by atoms with Gasteiger partial charge in [0.25, 0.3) is 0 Å². The molecule has 0 saturated carbocycles. The summed E-state index contributed by atoms with van der Waals surface area (Å²) in [4.78, 5) is 10.6. The molecule has 0 bridgehead atoms. The Labute approximate surface area is 84.2 Å². The Morgan fingerprint density at radius 2 is 2.36 bits per heavy atom. The summed E-state index contributed by atoms with van der Waals surface area (Å²) >= 11 is 0. The molecule has 0 amide bonds. The zero-order valence-corrected chi connectivity index (χ0v) is 8.43. The SMILES string of the molecule is CC1CN(c2cnccn2)CCC1N.